The Balaban J connectivity index is 2.14. The lowest BCUT2D eigenvalue weighted by Gasteiger charge is -2.16. The second-order valence-corrected chi connectivity index (χ2v) is 5.17. The van der Waals surface area contributed by atoms with Crippen molar-refractivity contribution in [3.8, 4) is 0 Å². The van der Waals surface area contributed by atoms with Crippen molar-refractivity contribution in [2.75, 3.05) is 13.6 Å². The lowest BCUT2D eigenvalue weighted by molar-refractivity contribution is 0.162. The molecule has 2 rings (SSSR count). The molecule has 1 N–H and O–H groups in total. The van der Waals surface area contributed by atoms with Crippen LogP contribution in [-0.4, -0.2) is 49.5 Å². The van der Waals surface area contributed by atoms with Crippen molar-refractivity contribution in [2.24, 2.45) is 7.05 Å². The summed E-state index contributed by atoms with van der Waals surface area (Å²) in [5.74, 6) is 0.661. The van der Waals surface area contributed by atoms with Gasteiger partial charge in [0, 0.05) is 13.6 Å². The molecule has 104 valence electrons. The van der Waals surface area contributed by atoms with Gasteiger partial charge in [0.25, 0.3) is 0 Å². The van der Waals surface area contributed by atoms with Gasteiger partial charge in [-0.1, -0.05) is 11.6 Å². The van der Waals surface area contributed by atoms with E-state index in [0.29, 0.717) is 17.5 Å². The zero-order valence-electron chi connectivity index (χ0n) is 11.3. The van der Waals surface area contributed by atoms with E-state index in [2.05, 4.69) is 20.0 Å². The number of aryl methyl sites for hydroxylation is 1. The molecule has 0 radical (unpaired) electrons. The molecule has 7 heteroatoms. The molecular formula is C12H18ClN5O. The number of aliphatic hydroxyl groups is 1. The van der Waals surface area contributed by atoms with E-state index in [9.17, 15) is 5.11 Å². The van der Waals surface area contributed by atoms with Gasteiger partial charge in [0.05, 0.1) is 24.2 Å². The van der Waals surface area contributed by atoms with Gasteiger partial charge in [-0.3, -0.25) is 9.58 Å². The maximum absolute atomic E-state index is 9.27. The maximum Gasteiger partial charge on any atom is 0.162 e. The lowest BCUT2D eigenvalue weighted by atomic mass is 10.3. The molecule has 0 spiro atoms. The molecule has 0 aliphatic heterocycles. The van der Waals surface area contributed by atoms with Crippen LogP contribution in [0.5, 0.6) is 0 Å². The molecule has 19 heavy (non-hydrogen) atoms. The van der Waals surface area contributed by atoms with Crippen molar-refractivity contribution < 1.29 is 5.11 Å². The fraction of sp³-hybridized carbons (Fsp3) is 0.583. The number of hydrogen-bond acceptors (Lipinski definition) is 5. The van der Waals surface area contributed by atoms with Gasteiger partial charge in [0.15, 0.2) is 5.65 Å². The minimum atomic E-state index is -0.300. The van der Waals surface area contributed by atoms with Gasteiger partial charge in [0.2, 0.25) is 0 Å². The number of fused-ring (bicyclic) bond motifs is 1. The summed E-state index contributed by atoms with van der Waals surface area (Å²) in [4.78, 5) is 10.8. The maximum atomic E-state index is 9.27. The predicted molar refractivity (Wildman–Crippen MR) is 73.9 cm³/mol. The lowest BCUT2D eigenvalue weighted by Crippen LogP contribution is -2.23. The van der Waals surface area contributed by atoms with Gasteiger partial charge < -0.3 is 5.11 Å². The summed E-state index contributed by atoms with van der Waals surface area (Å²) in [5, 5.41) is 14.6. The van der Waals surface area contributed by atoms with Gasteiger partial charge in [-0.15, -0.1) is 0 Å². The molecule has 0 amide bonds. The Morgan fingerprint density at radius 2 is 2.21 bits per heavy atom. The van der Waals surface area contributed by atoms with Crippen LogP contribution in [0.15, 0.2) is 6.20 Å². The molecule has 2 heterocycles. The molecule has 0 aromatic carbocycles. The summed E-state index contributed by atoms with van der Waals surface area (Å²) in [5.41, 5.74) is 0.735. The SMILES string of the molecule is CC(O)CCN(C)Cc1nc(Cl)c2cnn(C)c2n1. The first kappa shape index (κ1) is 14.2. The first-order valence-corrected chi connectivity index (χ1v) is 6.56. The summed E-state index contributed by atoms with van der Waals surface area (Å²) in [6.07, 6.45) is 2.09. The van der Waals surface area contributed by atoms with Crippen LogP contribution in [0.25, 0.3) is 11.0 Å². The summed E-state index contributed by atoms with van der Waals surface area (Å²) < 4.78 is 1.68. The Morgan fingerprint density at radius 3 is 2.89 bits per heavy atom. The van der Waals surface area contributed by atoms with Crippen LogP contribution in [0.1, 0.15) is 19.2 Å². The molecule has 0 aliphatic carbocycles. The van der Waals surface area contributed by atoms with Crippen molar-refractivity contribution in [1.82, 2.24) is 24.6 Å². The highest BCUT2D eigenvalue weighted by Crippen LogP contribution is 2.19. The number of rotatable bonds is 5. The van der Waals surface area contributed by atoms with Crippen LogP contribution < -0.4 is 0 Å². The van der Waals surface area contributed by atoms with Gasteiger partial charge in [-0.05, 0) is 20.4 Å². The zero-order valence-corrected chi connectivity index (χ0v) is 12.1. The highest BCUT2D eigenvalue weighted by molar-refractivity contribution is 6.33. The van der Waals surface area contributed by atoms with E-state index in [1.54, 1.807) is 17.8 Å². The molecule has 0 saturated carbocycles. The number of nitrogens with zero attached hydrogens (tertiary/aromatic N) is 5. The highest BCUT2D eigenvalue weighted by Gasteiger charge is 2.11. The van der Waals surface area contributed by atoms with Crippen molar-refractivity contribution >= 4 is 22.6 Å². The number of aliphatic hydroxyl groups excluding tert-OH is 1. The molecule has 1 atom stereocenters. The van der Waals surface area contributed by atoms with E-state index in [4.69, 9.17) is 11.6 Å². The third kappa shape index (κ3) is 3.40. The standard InChI is InChI=1S/C12H18ClN5O/c1-8(19)4-5-17(2)7-10-15-11(13)9-6-14-18(3)12(9)16-10/h6,8,19H,4-5,7H2,1-3H3. The summed E-state index contributed by atoms with van der Waals surface area (Å²) in [7, 11) is 3.79. The largest absolute Gasteiger partial charge is 0.393 e. The fourth-order valence-electron chi connectivity index (χ4n) is 1.83. The molecule has 2 aromatic heterocycles. The van der Waals surface area contributed by atoms with E-state index < -0.39 is 0 Å². The average Bonchev–Trinajstić information content (AvgIpc) is 2.69. The van der Waals surface area contributed by atoms with Gasteiger partial charge in [-0.2, -0.15) is 5.10 Å². The van der Waals surface area contributed by atoms with E-state index >= 15 is 0 Å². The van der Waals surface area contributed by atoms with Gasteiger partial charge >= 0.3 is 0 Å². The van der Waals surface area contributed by atoms with Crippen LogP contribution in [0.2, 0.25) is 5.15 Å². The molecule has 1 unspecified atom stereocenters. The molecular weight excluding hydrogens is 266 g/mol. The molecule has 0 saturated heterocycles. The first-order chi connectivity index (χ1) is 8.97. The third-order valence-electron chi connectivity index (χ3n) is 2.93. The quantitative estimate of drug-likeness (QED) is 0.836. The Bertz CT molecular complexity index is 568. The summed E-state index contributed by atoms with van der Waals surface area (Å²) >= 11 is 6.12. The van der Waals surface area contributed by atoms with Crippen molar-refractivity contribution in [3.63, 3.8) is 0 Å². The van der Waals surface area contributed by atoms with Crippen LogP contribution in [0.3, 0.4) is 0 Å². The van der Waals surface area contributed by atoms with Crippen LogP contribution in [0, 0.1) is 0 Å². The van der Waals surface area contributed by atoms with Crippen LogP contribution in [0.4, 0.5) is 0 Å². The average molecular weight is 284 g/mol. The highest BCUT2D eigenvalue weighted by atomic mass is 35.5. The Kier molecular flexibility index (Phi) is 4.34. The number of halogens is 1. The smallest absolute Gasteiger partial charge is 0.162 e. The fourth-order valence-corrected chi connectivity index (χ4v) is 2.06. The second kappa shape index (κ2) is 5.81. The van der Waals surface area contributed by atoms with E-state index in [1.165, 1.54) is 0 Å². The Labute approximate surface area is 117 Å². The molecule has 0 bridgehead atoms. The molecule has 0 fully saturated rings. The zero-order chi connectivity index (χ0) is 14.0. The minimum Gasteiger partial charge on any atom is -0.393 e. The third-order valence-corrected chi connectivity index (χ3v) is 3.22. The van der Waals surface area contributed by atoms with Crippen molar-refractivity contribution in [2.45, 2.75) is 26.0 Å². The molecule has 2 aromatic rings. The topological polar surface area (TPSA) is 67.1 Å². The van der Waals surface area contributed by atoms with Crippen molar-refractivity contribution in [3.05, 3.63) is 17.2 Å². The number of hydrogen-bond donors (Lipinski definition) is 1. The second-order valence-electron chi connectivity index (χ2n) is 4.81. The molecule has 6 nitrogen and oxygen atoms in total. The van der Waals surface area contributed by atoms with E-state index in [0.717, 1.165) is 24.0 Å². The number of aromatic nitrogens is 4. The molecule has 0 aliphatic rings. The monoisotopic (exact) mass is 283 g/mol. The minimum absolute atomic E-state index is 0.300. The van der Waals surface area contributed by atoms with Gasteiger partial charge in [0.1, 0.15) is 11.0 Å². The van der Waals surface area contributed by atoms with E-state index in [-0.39, 0.29) is 6.10 Å². The Morgan fingerprint density at radius 1 is 1.47 bits per heavy atom. The van der Waals surface area contributed by atoms with Crippen LogP contribution in [-0.2, 0) is 13.6 Å². The van der Waals surface area contributed by atoms with Gasteiger partial charge in [-0.25, -0.2) is 9.97 Å². The van der Waals surface area contributed by atoms with Crippen molar-refractivity contribution in [1.29, 1.82) is 0 Å². The summed E-state index contributed by atoms with van der Waals surface area (Å²) in [6.45, 7) is 3.15. The normalized spacial score (nSPS) is 13.4. The van der Waals surface area contributed by atoms with Crippen LogP contribution >= 0.6 is 11.6 Å². The summed E-state index contributed by atoms with van der Waals surface area (Å²) in [6, 6.07) is 0. The predicted octanol–water partition coefficient (Wildman–Crippen LogP) is 1.22. The first-order valence-electron chi connectivity index (χ1n) is 6.18. The Hall–Kier alpha value is -1.24. The van der Waals surface area contributed by atoms with E-state index in [1.807, 2.05) is 14.1 Å².